The molecular formula is C73H107N13O17S. The maximum absolute atomic E-state index is 14.6. The van der Waals surface area contributed by atoms with E-state index in [2.05, 4.69) is 41.8 Å². The fourth-order valence-corrected chi connectivity index (χ4v) is 13.6. The number of ether oxygens (including phenoxy) is 5. The number of carbonyl (C=O) groups is 12. The van der Waals surface area contributed by atoms with Crippen molar-refractivity contribution in [3.63, 3.8) is 0 Å². The van der Waals surface area contributed by atoms with Gasteiger partial charge in [0.1, 0.15) is 17.1 Å². The van der Waals surface area contributed by atoms with Gasteiger partial charge in [0.05, 0.1) is 82.2 Å². The van der Waals surface area contributed by atoms with Crippen molar-refractivity contribution in [3.8, 4) is 0 Å². The summed E-state index contributed by atoms with van der Waals surface area (Å²) in [5.74, 6) is -6.76. The summed E-state index contributed by atoms with van der Waals surface area (Å²) < 4.78 is 29.1. The number of hydrogen-bond acceptors (Lipinski definition) is 20. The van der Waals surface area contributed by atoms with Crippen LogP contribution in [-0.2, 0) is 82.8 Å². The van der Waals surface area contributed by atoms with Crippen LogP contribution in [0.5, 0.6) is 0 Å². The molecule has 104 heavy (non-hydrogen) atoms. The second-order valence-corrected chi connectivity index (χ2v) is 28.0. The van der Waals surface area contributed by atoms with E-state index in [4.69, 9.17) is 23.7 Å². The molecule has 3 aliphatic heterocycles. The van der Waals surface area contributed by atoms with Crippen LogP contribution in [0.15, 0.2) is 78.3 Å². The Balaban J connectivity index is 0.991. The van der Waals surface area contributed by atoms with E-state index in [0.717, 1.165) is 32.5 Å². The summed E-state index contributed by atoms with van der Waals surface area (Å²) in [7, 11) is 7.94. The van der Waals surface area contributed by atoms with Crippen molar-refractivity contribution in [2.45, 2.75) is 142 Å². The quantitative estimate of drug-likeness (QED) is 0.0351. The van der Waals surface area contributed by atoms with E-state index in [9.17, 15) is 57.5 Å². The number of likely N-dealkylation sites (tertiary alicyclic amines) is 1. The molecule has 3 aromatic rings. The molecule has 2 saturated heterocycles. The fourth-order valence-electron chi connectivity index (χ4n) is 12.9. The monoisotopic (exact) mass is 1470 g/mol. The molecule has 12 amide bonds. The lowest BCUT2D eigenvalue weighted by Crippen LogP contribution is -2.56. The van der Waals surface area contributed by atoms with Gasteiger partial charge in [-0.25, -0.2) is 9.78 Å². The Morgan fingerprint density at radius 1 is 0.702 bits per heavy atom. The zero-order valence-electron chi connectivity index (χ0n) is 62.1. The summed E-state index contributed by atoms with van der Waals surface area (Å²) in [5, 5.41) is 19.2. The molecule has 2 aromatic carbocycles. The Bertz CT molecular complexity index is 3360. The highest BCUT2D eigenvalue weighted by Gasteiger charge is 2.43. The summed E-state index contributed by atoms with van der Waals surface area (Å²) >= 11 is 1.46. The molecule has 1 aromatic heterocycles. The van der Waals surface area contributed by atoms with Crippen molar-refractivity contribution >= 4 is 88.1 Å². The first-order valence-corrected chi connectivity index (χ1v) is 36.5. The van der Waals surface area contributed by atoms with Crippen LogP contribution in [0.3, 0.4) is 0 Å². The predicted octanol–water partition coefficient (Wildman–Crippen LogP) is 3.24. The van der Waals surface area contributed by atoms with E-state index >= 15 is 0 Å². The smallest absolute Gasteiger partial charge is 0.411 e. The topological polar surface area (TPSA) is 356 Å². The molecule has 0 radical (unpaired) electrons. The highest BCUT2D eigenvalue weighted by molar-refractivity contribution is 7.09. The molecule has 31 heteroatoms. The Morgan fingerprint density at radius 3 is 1.98 bits per heavy atom. The van der Waals surface area contributed by atoms with E-state index in [0.29, 0.717) is 58.4 Å². The number of carbonyl (C=O) groups excluding carboxylic acids is 12. The molecule has 572 valence electrons. The van der Waals surface area contributed by atoms with Crippen LogP contribution in [0.4, 0.5) is 10.5 Å². The number of hydrogen-bond donors (Lipinski definition) is 6. The summed E-state index contributed by atoms with van der Waals surface area (Å²) in [6.07, 6.45) is 2.34. The lowest BCUT2D eigenvalue weighted by Gasteiger charge is -2.39. The van der Waals surface area contributed by atoms with Crippen LogP contribution in [0.2, 0.25) is 0 Å². The van der Waals surface area contributed by atoms with Gasteiger partial charge in [-0.05, 0) is 61.8 Å². The molecule has 0 aliphatic carbocycles. The molecule has 10 atom stereocenters. The predicted molar refractivity (Wildman–Crippen MR) is 387 cm³/mol. The second kappa shape index (κ2) is 42.3. The molecule has 2 fully saturated rings. The second-order valence-electron chi connectivity index (χ2n) is 27.1. The summed E-state index contributed by atoms with van der Waals surface area (Å²) in [6.45, 7) is 14.6. The van der Waals surface area contributed by atoms with Gasteiger partial charge in [-0.3, -0.25) is 62.5 Å². The van der Waals surface area contributed by atoms with Gasteiger partial charge in [-0.2, -0.15) is 0 Å². The van der Waals surface area contributed by atoms with E-state index in [1.165, 1.54) is 54.7 Å². The van der Waals surface area contributed by atoms with Crippen LogP contribution in [-0.4, -0.2) is 263 Å². The maximum atomic E-state index is 14.6. The third-order valence-corrected chi connectivity index (χ3v) is 19.9. The zero-order valence-corrected chi connectivity index (χ0v) is 62.9. The van der Waals surface area contributed by atoms with Crippen LogP contribution in [0.25, 0.3) is 0 Å². The van der Waals surface area contributed by atoms with Crippen molar-refractivity contribution in [2.75, 3.05) is 126 Å². The number of aromatic nitrogens is 1. The number of likely N-dealkylation sites (N-methyl/N-ethyl adjacent to an activating group) is 3. The highest BCUT2D eigenvalue weighted by Crippen LogP contribution is 2.31. The lowest BCUT2D eigenvalue weighted by molar-refractivity contribution is -0.146. The number of piperazine rings is 1. The minimum atomic E-state index is -1.49. The van der Waals surface area contributed by atoms with E-state index in [-0.39, 0.29) is 106 Å². The number of rotatable bonds is 41. The summed E-state index contributed by atoms with van der Waals surface area (Å²) in [6, 6.07) is 12.3. The van der Waals surface area contributed by atoms with Gasteiger partial charge >= 0.3 is 6.09 Å². The minimum Gasteiger partial charge on any atom is -0.431 e. The largest absolute Gasteiger partial charge is 0.431 e. The van der Waals surface area contributed by atoms with E-state index in [1.54, 1.807) is 64.8 Å². The van der Waals surface area contributed by atoms with E-state index in [1.807, 2.05) is 56.6 Å². The number of imide groups is 1. The van der Waals surface area contributed by atoms with Gasteiger partial charge in [-0.15, -0.1) is 11.3 Å². The SMILES string of the molecule is CC[C@H](C)[C@@H]([C@@H](CC(=O)N1CCC[C@H]1[C@H](OC)[C@@H](C)C(=O)N[C@@H](Cc1ccccc1)c1nccs1)OC)N(C)C(=O)CNC(=O)C(C(C)C)N(C)C(=O)OC(C(=O)N1CCN(C)CC1)c1ccc(NC(=O)CNC(=O)C(NC(=O)CCOCCOCCNC(=O)CCN2C(=O)C=CC2=O)C(C)C)cc1. The summed E-state index contributed by atoms with van der Waals surface area (Å²) in [5.41, 5.74) is 1.58. The maximum Gasteiger partial charge on any atom is 0.411 e. The van der Waals surface area contributed by atoms with Crippen molar-refractivity contribution in [2.24, 2.45) is 23.7 Å². The fraction of sp³-hybridized carbons (Fsp3) is 0.603. The average molecular weight is 1470 g/mol. The number of nitrogens with one attached hydrogen (secondary N) is 6. The molecular weight excluding hydrogens is 1360 g/mol. The first-order chi connectivity index (χ1) is 49.7. The third-order valence-electron chi connectivity index (χ3n) is 19.0. The minimum absolute atomic E-state index is 0.0247. The number of thiazole rings is 1. The Morgan fingerprint density at radius 2 is 1.37 bits per heavy atom. The van der Waals surface area contributed by atoms with Crippen LogP contribution < -0.4 is 31.9 Å². The zero-order chi connectivity index (χ0) is 76.2. The average Bonchev–Trinajstić information content (AvgIpc) is 1.20. The molecule has 30 nitrogen and oxygen atoms in total. The van der Waals surface area contributed by atoms with Gasteiger partial charge in [-0.1, -0.05) is 97.4 Å². The van der Waals surface area contributed by atoms with Crippen LogP contribution >= 0.6 is 11.3 Å². The molecule has 6 rings (SSSR count). The molecule has 0 spiro atoms. The highest BCUT2D eigenvalue weighted by atomic mass is 32.1. The Labute approximate surface area is 613 Å². The number of anilines is 1. The van der Waals surface area contributed by atoms with Gasteiger partial charge in [0.25, 0.3) is 17.7 Å². The van der Waals surface area contributed by atoms with E-state index < -0.39 is 121 Å². The summed E-state index contributed by atoms with van der Waals surface area (Å²) in [4.78, 5) is 174. The molecule has 3 aliphatic rings. The van der Waals surface area contributed by atoms with Gasteiger partial charge < -0.3 is 75.2 Å². The van der Waals surface area contributed by atoms with Gasteiger partial charge in [0.15, 0.2) is 0 Å². The lowest BCUT2D eigenvalue weighted by atomic mass is 9.90. The number of amides is 12. The number of methoxy groups -OCH3 is 2. The normalized spacial score (nSPS) is 17.2. The molecule has 3 unspecified atom stereocenters. The third kappa shape index (κ3) is 25.0. The van der Waals surface area contributed by atoms with Crippen molar-refractivity contribution in [1.29, 1.82) is 0 Å². The van der Waals surface area contributed by atoms with Crippen LogP contribution in [0, 0.1) is 23.7 Å². The number of nitrogens with zero attached hydrogens (tertiary/aromatic N) is 7. The molecule has 6 N–H and O–H groups in total. The van der Waals surface area contributed by atoms with Crippen molar-refractivity contribution in [3.05, 3.63) is 94.5 Å². The van der Waals surface area contributed by atoms with Gasteiger partial charge in [0, 0.05) is 122 Å². The Kier molecular flexibility index (Phi) is 34.2. The molecule has 0 bridgehead atoms. The van der Waals surface area contributed by atoms with Crippen LogP contribution in [0.1, 0.15) is 115 Å². The van der Waals surface area contributed by atoms with Gasteiger partial charge in [0.2, 0.25) is 53.4 Å². The number of benzene rings is 2. The molecule has 4 heterocycles. The standard InChI is InChI=1S/C73H107N13O17S/c1-13-48(6)65(55(99-11)43-61(92)85-31-17-20-54(85)66(100-12)49(7)68(94)79-53(71-75-30-41-104-71)42-50-18-15-14-16-19-50)82(9)62(93)45-77-70(96)64(47(4)5)83(10)73(98)103-67(72(97)84-35-33-81(8)34-36-84)51-21-23-52(24-22-51)78-58(89)44-76-69(95)63(46(2)3)80-57(88)28-37-101-39-40-102-38-29-74-56(87)27-32-86-59(90)25-26-60(86)91/h14-16,18-19,21-26,30,41,46-49,53-55,63-67H,13,17,20,27-29,31-40,42-45H2,1-12H3,(H,74,87)(H,76,95)(H,77,96)(H,78,89)(H,79,94)(H,80,88)/t48-,49+,53-,54-,55+,63?,64?,65-,66+,67?/m0/s1. The van der Waals surface area contributed by atoms with Crippen molar-refractivity contribution in [1.82, 2.24) is 61.0 Å². The molecule has 0 saturated carbocycles. The Hall–Kier alpha value is -8.75. The first kappa shape index (κ1) is 84.2. The first-order valence-electron chi connectivity index (χ1n) is 35.6. The van der Waals surface area contributed by atoms with Crippen molar-refractivity contribution < 1.29 is 81.2 Å².